The van der Waals surface area contributed by atoms with Crippen LogP contribution in [0.15, 0.2) is 18.5 Å². The van der Waals surface area contributed by atoms with E-state index in [2.05, 4.69) is 26.7 Å². The van der Waals surface area contributed by atoms with Crippen molar-refractivity contribution in [1.29, 1.82) is 0 Å². The number of aryl methyl sites for hydroxylation is 1. The fourth-order valence-corrected chi connectivity index (χ4v) is 3.23. The van der Waals surface area contributed by atoms with Gasteiger partial charge in [-0.1, -0.05) is 11.3 Å². The third kappa shape index (κ3) is 3.36. The molecule has 0 bridgehead atoms. The van der Waals surface area contributed by atoms with Crippen LogP contribution in [0.3, 0.4) is 0 Å². The number of aromatic nitrogens is 2. The fourth-order valence-electron chi connectivity index (χ4n) is 2.61. The molecule has 0 radical (unpaired) electrons. The van der Waals surface area contributed by atoms with Crippen LogP contribution >= 0.6 is 11.3 Å². The zero-order valence-electron chi connectivity index (χ0n) is 12.4. The Morgan fingerprint density at radius 2 is 2.23 bits per heavy atom. The number of hydrogen-bond donors (Lipinski definition) is 2. The number of carbonyl (C=O) groups excluding carboxylic acids is 1. The molecule has 7 heteroatoms. The second kappa shape index (κ2) is 6.74. The van der Waals surface area contributed by atoms with Crippen molar-refractivity contribution in [3.63, 3.8) is 0 Å². The molecule has 1 aliphatic rings. The number of fused-ring (bicyclic) bond motifs is 1. The molecule has 0 saturated carbocycles. The summed E-state index contributed by atoms with van der Waals surface area (Å²) in [5, 5.41) is 6.71. The van der Waals surface area contributed by atoms with E-state index in [0.717, 1.165) is 18.5 Å². The number of carbonyl (C=O) groups is 1. The third-order valence-corrected chi connectivity index (χ3v) is 4.56. The SMILES string of the molecule is COc1cnc(NC(=O)NCc2nccc3c2CCCC3)s1. The Balaban J connectivity index is 1.59. The summed E-state index contributed by atoms with van der Waals surface area (Å²) in [4.78, 5) is 20.4. The molecule has 2 N–H and O–H groups in total. The molecule has 2 amide bonds. The zero-order valence-corrected chi connectivity index (χ0v) is 13.2. The lowest BCUT2D eigenvalue weighted by Crippen LogP contribution is -2.29. The minimum atomic E-state index is -0.285. The lowest BCUT2D eigenvalue weighted by molar-refractivity contribution is 0.251. The normalized spacial score (nSPS) is 13.3. The maximum Gasteiger partial charge on any atom is 0.321 e. The Kier molecular flexibility index (Phi) is 4.53. The Morgan fingerprint density at radius 3 is 3.05 bits per heavy atom. The quantitative estimate of drug-likeness (QED) is 0.909. The molecule has 0 fully saturated rings. The number of anilines is 1. The summed E-state index contributed by atoms with van der Waals surface area (Å²) in [7, 11) is 1.57. The first-order chi connectivity index (χ1) is 10.8. The van der Waals surface area contributed by atoms with E-state index in [1.807, 2.05) is 6.20 Å². The molecule has 2 aromatic rings. The van der Waals surface area contributed by atoms with Crippen molar-refractivity contribution in [3.05, 3.63) is 35.3 Å². The molecule has 22 heavy (non-hydrogen) atoms. The smallest absolute Gasteiger partial charge is 0.321 e. The van der Waals surface area contributed by atoms with Gasteiger partial charge >= 0.3 is 6.03 Å². The number of thiazole rings is 1. The highest BCUT2D eigenvalue weighted by Gasteiger charge is 2.14. The summed E-state index contributed by atoms with van der Waals surface area (Å²) >= 11 is 1.28. The third-order valence-electron chi connectivity index (χ3n) is 3.69. The first kappa shape index (κ1) is 14.8. The average molecular weight is 318 g/mol. The molecule has 0 saturated heterocycles. The highest BCUT2D eigenvalue weighted by atomic mass is 32.1. The van der Waals surface area contributed by atoms with Crippen LogP contribution in [-0.2, 0) is 19.4 Å². The van der Waals surface area contributed by atoms with Crippen molar-refractivity contribution in [1.82, 2.24) is 15.3 Å². The number of rotatable bonds is 4. The lowest BCUT2D eigenvalue weighted by atomic mass is 9.91. The number of amides is 2. The van der Waals surface area contributed by atoms with Gasteiger partial charge in [0.15, 0.2) is 10.2 Å². The van der Waals surface area contributed by atoms with E-state index in [0.29, 0.717) is 16.7 Å². The van der Waals surface area contributed by atoms with Crippen molar-refractivity contribution >= 4 is 22.5 Å². The number of pyridine rings is 1. The van der Waals surface area contributed by atoms with E-state index >= 15 is 0 Å². The number of ether oxygens (including phenoxy) is 1. The molecule has 2 heterocycles. The van der Waals surface area contributed by atoms with Crippen molar-refractivity contribution in [3.8, 4) is 5.06 Å². The van der Waals surface area contributed by atoms with E-state index in [9.17, 15) is 4.79 Å². The van der Waals surface area contributed by atoms with Crippen LogP contribution in [0.25, 0.3) is 0 Å². The molecule has 116 valence electrons. The number of hydrogen-bond acceptors (Lipinski definition) is 5. The molecule has 0 spiro atoms. The Hall–Kier alpha value is -2.15. The first-order valence-electron chi connectivity index (χ1n) is 7.26. The highest BCUT2D eigenvalue weighted by Crippen LogP contribution is 2.25. The van der Waals surface area contributed by atoms with Gasteiger partial charge in [-0.15, -0.1) is 0 Å². The average Bonchev–Trinajstić information content (AvgIpc) is 3.00. The van der Waals surface area contributed by atoms with E-state index in [4.69, 9.17) is 4.74 Å². The van der Waals surface area contributed by atoms with E-state index in [-0.39, 0.29) is 6.03 Å². The number of nitrogens with one attached hydrogen (secondary N) is 2. The molecule has 0 aliphatic heterocycles. The van der Waals surface area contributed by atoms with Gasteiger partial charge in [0.05, 0.1) is 25.5 Å². The summed E-state index contributed by atoms with van der Waals surface area (Å²) in [6.45, 7) is 0.428. The van der Waals surface area contributed by atoms with Crippen molar-refractivity contribution in [2.75, 3.05) is 12.4 Å². The van der Waals surface area contributed by atoms with Crippen molar-refractivity contribution in [2.45, 2.75) is 32.2 Å². The maximum absolute atomic E-state index is 11.9. The predicted molar refractivity (Wildman–Crippen MR) is 85.4 cm³/mol. The van der Waals surface area contributed by atoms with Crippen LogP contribution < -0.4 is 15.4 Å². The van der Waals surface area contributed by atoms with E-state index in [1.54, 1.807) is 13.3 Å². The molecular weight excluding hydrogens is 300 g/mol. The Morgan fingerprint density at radius 1 is 1.36 bits per heavy atom. The summed E-state index contributed by atoms with van der Waals surface area (Å²) in [6.07, 6.45) is 7.98. The van der Waals surface area contributed by atoms with Crippen molar-refractivity contribution < 1.29 is 9.53 Å². The molecule has 0 unspecified atom stereocenters. The van der Waals surface area contributed by atoms with Gasteiger partial charge in [0.2, 0.25) is 0 Å². The van der Waals surface area contributed by atoms with Gasteiger partial charge in [-0.05, 0) is 42.9 Å². The second-order valence-corrected chi connectivity index (χ2v) is 6.09. The molecule has 0 aromatic carbocycles. The fraction of sp³-hybridized carbons (Fsp3) is 0.400. The van der Waals surface area contributed by atoms with Crippen LogP contribution in [-0.4, -0.2) is 23.1 Å². The summed E-state index contributed by atoms with van der Waals surface area (Å²) in [6, 6.07) is 1.80. The maximum atomic E-state index is 11.9. The standard InChI is InChI=1S/C15H18N4O2S/c1-21-13-9-18-15(22-13)19-14(20)17-8-12-11-5-3-2-4-10(11)6-7-16-12/h6-7,9H,2-5,8H2,1H3,(H2,17,18,19,20). The molecule has 3 rings (SSSR count). The van der Waals surface area contributed by atoms with Crippen molar-refractivity contribution in [2.24, 2.45) is 0 Å². The van der Waals surface area contributed by atoms with E-state index in [1.165, 1.54) is 35.3 Å². The van der Waals surface area contributed by atoms with Gasteiger partial charge in [-0.3, -0.25) is 10.3 Å². The summed E-state index contributed by atoms with van der Waals surface area (Å²) < 4.78 is 5.04. The minimum absolute atomic E-state index is 0.285. The first-order valence-corrected chi connectivity index (χ1v) is 8.08. The van der Waals surface area contributed by atoms with Crippen LogP contribution in [0.4, 0.5) is 9.93 Å². The Labute approximate surface area is 132 Å². The van der Waals surface area contributed by atoms with Crippen LogP contribution in [0.1, 0.15) is 29.7 Å². The molecule has 6 nitrogen and oxygen atoms in total. The summed E-state index contributed by atoms with van der Waals surface area (Å²) in [5.74, 6) is 0. The van der Waals surface area contributed by atoms with Gasteiger partial charge in [-0.25, -0.2) is 9.78 Å². The zero-order chi connectivity index (χ0) is 15.4. The Bertz CT molecular complexity index is 671. The minimum Gasteiger partial charge on any atom is -0.486 e. The van der Waals surface area contributed by atoms with Crippen LogP contribution in [0.2, 0.25) is 0 Å². The van der Waals surface area contributed by atoms with Gasteiger partial charge in [-0.2, -0.15) is 0 Å². The molecule has 2 aromatic heterocycles. The number of nitrogens with zero attached hydrogens (tertiary/aromatic N) is 2. The van der Waals surface area contributed by atoms with Gasteiger partial charge in [0.1, 0.15) is 0 Å². The second-order valence-electron chi connectivity index (χ2n) is 5.10. The molecule has 1 aliphatic carbocycles. The molecular formula is C15H18N4O2S. The van der Waals surface area contributed by atoms with Gasteiger partial charge < -0.3 is 10.1 Å². The van der Waals surface area contributed by atoms with Gasteiger partial charge in [0, 0.05) is 6.20 Å². The van der Waals surface area contributed by atoms with Crippen LogP contribution in [0.5, 0.6) is 5.06 Å². The number of methoxy groups -OCH3 is 1. The monoisotopic (exact) mass is 318 g/mol. The predicted octanol–water partition coefficient (Wildman–Crippen LogP) is 2.75. The largest absolute Gasteiger partial charge is 0.486 e. The summed E-state index contributed by atoms with van der Waals surface area (Å²) in [5.41, 5.74) is 3.62. The van der Waals surface area contributed by atoms with Crippen LogP contribution in [0, 0.1) is 0 Å². The highest BCUT2D eigenvalue weighted by molar-refractivity contribution is 7.17. The van der Waals surface area contributed by atoms with Gasteiger partial charge in [0.25, 0.3) is 0 Å². The topological polar surface area (TPSA) is 76.1 Å². The molecule has 0 atom stereocenters. The van der Waals surface area contributed by atoms with E-state index < -0.39 is 0 Å². The number of urea groups is 1. The lowest BCUT2D eigenvalue weighted by Gasteiger charge is -2.18.